The van der Waals surface area contributed by atoms with Crippen molar-refractivity contribution >= 4 is 50.7 Å². The number of rotatable bonds is 11. The molecule has 2 amide bonds. The highest BCUT2D eigenvalue weighted by Crippen LogP contribution is 2.28. The van der Waals surface area contributed by atoms with Crippen LogP contribution in [0.25, 0.3) is 0 Å². The number of amides is 2. The number of aryl methyl sites for hydroxylation is 1. The van der Waals surface area contributed by atoms with E-state index < -0.39 is 28.5 Å². The molecule has 0 heterocycles. The van der Waals surface area contributed by atoms with Crippen LogP contribution >= 0.6 is 23.2 Å². The molecular formula is C29H33Cl2N3O4S. The van der Waals surface area contributed by atoms with Gasteiger partial charge < -0.3 is 10.2 Å². The first-order valence-electron chi connectivity index (χ1n) is 12.6. The third kappa shape index (κ3) is 7.53. The van der Waals surface area contributed by atoms with E-state index in [4.69, 9.17) is 23.2 Å². The predicted octanol–water partition coefficient (Wildman–Crippen LogP) is 5.83. The topological polar surface area (TPSA) is 86.8 Å². The van der Waals surface area contributed by atoms with Gasteiger partial charge in [0.15, 0.2) is 0 Å². The van der Waals surface area contributed by atoms with Crippen LogP contribution in [0.1, 0.15) is 38.3 Å². The monoisotopic (exact) mass is 589 g/mol. The molecule has 0 aliphatic heterocycles. The molecule has 0 radical (unpaired) electrons. The SMILES string of the molecule is CCC(C)NC(=O)C(C)N(Cc1c(Cl)cccc1Cl)C(=O)CN(c1cccc(C)c1)S(=O)(=O)c1ccccc1. The molecule has 0 aliphatic carbocycles. The number of carbonyl (C=O) groups excluding carboxylic acids is 2. The number of nitrogens with one attached hydrogen (secondary N) is 1. The Morgan fingerprint density at radius 3 is 2.13 bits per heavy atom. The van der Waals surface area contributed by atoms with Crippen molar-refractivity contribution in [3.8, 4) is 0 Å². The van der Waals surface area contributed by atoms with Crippen LogP contribution in [0.4, 0.5) is 5.69 Å². The number of sulfonamides is 1. The van der Waals surface area contributed by atoms with E-state index in [2.05, 4.69) is 5.32 Å². The van der Waals surface area contributed by atoms with Crippen molar-refractivity contribution < 1.29 is 18.0 Å². The van der Waals surface area contributed by atoms with Gasteiger partial charge in [-0.05, 0) is 69.2 Å². The Morgan fingerprint density at radius 1 is 0.923 bits per heavy atom. The van der Waals surface area contributed by atoms with Crippen LogP contribution in [0.3, 0.4) is 0 Å². The first-order chi connectivity index (χ1) is 18.4. The molecular weight excluding hydrogens is 557 g/mol. The number of nitrogens with zero attached hydrogens (tertiary/aromatic N) is 2. The minimum absolute atomic E-state index is 0.0440. The Labute approximate surface area is 240 Å². The van der Waals surface area contributed by atoms with E-state index >= 15 is 0 Å². The Kier molecular flexibility index (Phi) is 10.4. The average molecular weight is 591 g/mol. The van der Waals surface area contributed by atoms with Crippen molar-refractivity contribution in [2.45, 2.75) is 57.6 Å². The fourth-order valence-electron chi connectivity index (χ4n) is 3.93. The van der Waals surface area contributed by atoms with Crippen LogP contribution in [-0.2, 0) is 26.2 Å². The summed E-state index contributed by atoms with van der Waals surface area (Å²) in [5, 5.41) is 3.57. The lowest BCUT2D eigenvalue weighted by molar-refractivity contribution is -0.139. The number of benzene rings is 3. The summed E-state index contributed by atoms with van der Waals surface area (Å²) in [5.74, 6) is -0.951. The predicted molar refractivity (Wildman–Crippen MR) is 157 cm³/mol. The van der Waals surface area contributed by atoms with Gasteiger partial charge >= 0.3 is 0 Å². The fourth-order valence-corrected chi connectivity index (χ4v) is 5.88. The number of anilines is 1. The van der Waals surface area contributed by atoms with Crippen LogP contribution in [0.2, 0.25) is 10.0 Å². The summed E-state index contributed by atoms with van der Waals surface area (Å²) in [6, 6.07) is 18.8. The molecule has 7 nitrogen and oxygen atoms in total. The largest absolute Gasteiger partial charge is 0.352 e. The van der Waals surface area contributed by atoms with E-state index in [-0.39, 0.29) is 23.4 Å². The summed E-state index contributed by atoms with van der Waals surface area (Å²) in [4.78, 5) is 28.5. The summed E-state index contributed by atoms with van der Waals surface area (Å²) in [6.45, 7) is 6.63. The summed E-state index contributed by atoms with van der Waals surface area (Å²) in [6.07, 6.45) is 0.708. The minimum Gasteiger partial charge on any atom is -0.352 e. The first-order valence-corrected chi connectivity index (χ1v) is 14.8. The number of hydrogen-bond acceptors (Lipinski definition) is 4. The summed E-state index contributed by atoms with van der Waals surface area (Å²) in [5.41, 5.74) is 1.62. The van der Waals surface area contributed by atoms with Gasteiger partial charge in [-0.2, -0.15) is 0 Å². The smallest absolute Gasteiger partial charge is 0.264 e. The van der Waals surface area contributed by atoms with Crippen LogP contribution in [0.15, 0.2) is 77.7 Å². The molecule has 0 saturated carbocycles. The van der Waals surface area contributed by atoms with Gasteiger partial charge in [0, 0.05) is 28.2 Å². The van der Waals surface area contributed by atoms with E-state index in [1.54, 1.807) is 61.5 Å². The molecule has 0 aliphatic rings. The van der Waals surface area contributed by atoms with Gasteiger partial charge in [0.25, 0.3) is 10.0 Å². The van der Waals surface area contributed by atoms with Gasteiger partial charge in [-0.3, -0.25) is 13.9 Å². The van der Waals surface area contributed by atoms with Crippen molar-refractivity contribution in [1.82, 2.24) is 10.2 Å². The number of hydrogen-bond donors (Lipinski definition) is 1. The van der Waals surface area contributed by atoms with Gasteiger partial charge in [0.05, 0.1) is 10.6 Å². The second-order valence-electron chi connectivity index (χ2n) is 9.38. The van der Waals surface area contributed by atoms with Gasteiger partial charge in [0.1, 0.15) is 12.6 Å². The van der Waals surface area contributed by atoms with Crippen molar-refractivity contribution in [1.29, 1.82) is 0 Å². The molecule has 10 heteroatoms. The molecule has 2 atom stereocenters. The molecule has 2 unspecified atom stereocenters. The average Bonchev–Trinajstić information content (AvgIpc) is 2.91. The van der Waals surface area contributed by atoms with Crippen molar-refractivity contribution in [3.05, 3.63) is 94.0 Å². The number of carbonyl (C=O) groups is 2. The van der Waals surface area contributed by atoms with E-state index in [1.807, 2.05) is 26.8 Å². The highest BCUT2D eigenvalue weighted by atomic mass is 35.5. The van der Waals surface area contributed by atoms with Gasteiger partial charge in [-0.25, -0.2) is 8.42 Å². The molecule has 0 saturated heterocycles. The molecule has 0 bridgehead atoms. The maximum Gasteiger partial charge on any atom is 0.264 e. The molecule has 0 fully saturated rings. The normalized spacial score (nSPS) is 12.9. The third-order valence-electron chi connectivity index (χ3n) is 6.46. The van der Waals surface area contributed by atoms with Gasteiger partial charge in [0.2, 0.25) is 11.8 Å². The standard InChI is InChI=1S/C29H33Cl2N3O4S/c1-5-21(3)32-29(36)22(4)33(18-25-26(30)15-10-16-27(25)31)28(35)19-34(23-12-9-11-20(2)17-23)39(37,38)24-13-7-6-8-14-24/h6-17,21-22H,5,18-19H2,1-4H3,(H,32,36). The van der Waals surface area contributed by atoms with E-state index in [9.17, 15) is 18.0 Å². The molecule has 0 aromatic heterocycles. The fraction of sp³-hybridized carbons (Fsp3) is 0.310. The first kappa shape index (κ1) is 30.5. The van der Waals surface area contributed by atoms with E-state index in [1.165, 1.54) is 17.0 Å². The zero-order valence-corrected chi connectivity index (χ0v) is 24.7. The zero-order chi connectivity index (χ0) is 28.7. The molecule has 3 rings (SSSR count). The van der Waals surface area contributed by atoms with Crippen molar-refractivity contribution in [2.75, 3.05) is 10.8 Å². The molecule has 0 spiro atoms. The Bertz CT molecular complexity index is 1400. The highest BCUT2D eigenvalue weighted by Gasteiger charge is 2.33. The second kappa shape index (κ2) is 13.3. The summed E-state index contributed by atoms with van der Waals surface area (Å²) in [7, 11) is -4.12. The molecule has 39 heavy (non-hydrogen) atoms. The molecule has 1 N–H and O–H groups in total. The van der Waals surface area contributed by atoms with E-state index in [0.29, 0.717) is 27.7 Å². The molecule has 3 aromatic rings. The van der Waals surface area contributed by atoms with Crippen molar-refractivity contribution in [2.24, 2.45) is 0 Å². The van der Waals surface area contributed by atoms with Crippen molar-refractivity contribution in [3.63, 3.8) is 0 Å². The summed E-state index contributed by atoms with van der Waals surface area (Å²) >= 11 is 12.8. The van der Waals surface area contributed by atoms with Gasteiger partial charge in [-0.1, -0.05) is 66.5 Å². The quantitative estimate of drug-likeness (QED) is 0.305. The lowest BCUT2D eigenvalue weighted by Gasteiger charge is -2.33. The lowest BCUT2D eigenvalue weighted by Crippen LogP contribution is -2.52. The third-order valence-corrected chi connectivity index (χ3v) is 8.95. The van der Waals surface area contributed by atoms with Crippen LogP contribution in [0, 0.1) is 6.92 Å². The second-order valence-corrected chi connectivity index (χ2v) is 12.1. The Balaban J connectivity index is 2.06. The Hall–Kier alpha value is -3.07. The minimum atomic E-state index is -4.12. The zero-order valence-electron chi connectivity index (χ0n) is 22.4. The number of halogens is 2. The maximum atomic E-state index is 14.0. The molecule has 3 aromatic carbocycles. The summed E-state index contributed by atoms with van der Waals surface area (Å²) < 4.78 is 28.6. The van der Waals surface area contributed by atoms with Crippen LogP contribution in [0.5, 0.6) is 0 Å². The molecule has 208 valence electrons. The Morgan fingerprint density at radius 2 is 1.54 bits per heavy atom. The van der Waals surface area contributed by atoms with Crippen LogP contribution < -0.4 is 9.62 Å². The van der Waals surface area contributed by atoms with Gasteiger partial charge in [-0.15, -0.1) is 0 Å². The highest BCUT2D eigenvalue weighted by molar-refractivity contribution is 7.92. The maximum absolute atomic E-state index is 14.0. The lowest BCUT2D eigenvalue weighted by atomic mass is 10.1. The van der Waals surface area contributed by atoms with Crippen LogP contribution in [-0.4, -0.2) is 43.8 Å². The van der Waals surface area contributed by atoms with E-state index in [0.717, 1.165) is 9.87 Å².